The lowest BCUT2D eigenvalue weighted by Gasteiger charge is -2.36. The number of rotatable bonds is 6. The minimum atomic E-state index is -0.249. The number of methoxy groups -OCH3 is 2. The second kappa shape index (κ2) is 8.79. The van der Waals surface area contributed by atoms with Gasteiger partial charge >= 0.3 is 5.63 Å². The summed E-state index contributed by atoms with van der Waals surface area (Å²) >= 11 is 0. The molecule has 0 atom stereocenters. The van der Waals surface area contributed by atoms with E-state index in [4.69, 9.17) is 13.9 Å². The van der Waals surface area contributed by atoms with Crippen LogP contribution in [0.25, 0.3) is 11.0 Å². The Bertz CT molecular complexity index is 1080. The second-order valence-corrected chi connectivity index (χ2v) is 7.61. The van der Waals surface area contributed by atoms with Crippen molar-refractivity contribution in [2.24, 2.45) is 0 Å². The molecule has 0 radical (unpaired) electrons. The Morgan fingerprint density at radius 2 is 1.77 bits per heavy atom. The number of ether oxygens (including phenoxy) is 2. The van der Waals surface area contributed by atoms with Gasteiger partial charge in [-0.05, 0) is 43.2 Å². The van der Waals surface area contributed by atoms with Crippen molar-refractivity contribution in [3.8, 4) is 11.5 Å². The van der Waals surface area contributed by atoms with Gasteiger partial charge in [-0.2, -0.15) is 0 Å². The number of benzene rings is 2. The molecule has 0 spiro atoms. The summed E-state index contributed by atoms with van der Waals surface area (Å²) in [5.74, 6) is 1.60. The molecular formula is C24H28N2O4. The van der Waals surface area contributed by atoms with E-state index in [0.29, 0.717) is 17.8 Å². The lowest BCUT2D eigenvalue weighted by molar-refractivity contribution is 0.259. The highest BCUT2D eigenvalue weighted by Gasteiger charge is 2.20. The van der Waals surface area contributed by atoms with Gasteiger partial charge in [0.2, 0.25) is 0 Å². The van der Waals surface area contributed by atoms with Crippen LogP contribution in [-0.4, -0.2) is 51.8 Å². The van der Waals surface area contributed by atoms with Crippen LogP contribution in [0.5, 0.6) is 11.5 Å². The van der Waals surface area contributed by atoms with E-state index in [0.717, 1.165) is 60.7 Å². The average molecular weight is 408 g/mol. The van der Waals surface area contributed by atoms with Gasteiger partial charge in [0, 0.05) is 49.7 Å². The number of fused-ring (bicyclic) bond motifs is 1. The van der Waals surface area contributed by atoms with Gasteiger partial charge in [0.25, 0.3) is 0 Å². The zero-order valence-corrected chi connectivity index (χ0v) is 17.8. The summed E-state index contributed by atoms with van der Waals surface area (Å²) in [5.41, 5.74) is 3.23. The SMILES string of the molecule is COc1ccc2c(C)c(CCN3CCN(c4ccccc4OC)CC3)c(=O)oc2c1. The Hall–Kier alpha value is -2.99. The molecule has 30 heavy (non-hydrogen) atoms. The van der Waals surface area contributed by atoms with Crippen LogP contribution in [-0.2, 0) is 6.42 Å². The van der Waals surface area contributed by atoms with Crippen molar-refractivity contribution >= 4 is 16.7 Å². The van der Waals surface area contributed by atoms with Gasteiger partial charge < -0.3 is 18.8 Å². The predicted molar refractivity (Wildman–Crippen MR) is 119 cm³/mol. The zero-order valence-electron chi connectivity index (χ0n) is 17.8. The fourth-order valence-electron chi connectivity index (χ4n) is 4.16. The third-order valence-electron chi connectivity index (χ3n) is 5.97. The molecule has 0 saturated carbocycles. The fraction of sp³-hybridized carbons (Fsp3) is 0.375. The first-order chi connectivity index (χ1) is 14.6. The Kier molecular flexibility index (Phi) is 5.95. The molecule has 3 aromatic rings. The van der Waals surface area contributed by atoms with Crippen molar-refractivity contribution < 1.29 is 13.9 Å². The molecule has 2 heterocycles. The van der Waals surface area contributed by atoms with Crippen molar-refractivity contribution in [3.05, 3.63) is 64.0 Å². The molecule has 0 unspecified atom stereocenters. The van der Waals surface area contributed by atoms with Crippen LogP contribution in [0.15, 0.2) is 51.7 Å². The molecular weight excluding hydrogens is 380 g/mol. The number of aryl methyl sites for hydroxylation is 1. The number of para-hydroxylation sites is 2. The predicted octanol–water partition coefficient (Wildman–Crippen LogP) is 3.48. The maximum Gasteiger partial charge on any atom is 0.339 e. The molecule has 6 nitrogen and oxygen atoms in total. The van der Waals surface area contributed by atoms with Crippen LogP contribution < -0.4 is 20.0 Å². The highest BCUT2D eigenvalue weighted by Crippen LogP contribution is 2.28. The largest absolute Gasteiger partial charge is 0.497 e. The van der Waals surface area contributed by atoms with E-state index >= 15 is 0 Å². The summed E-state index contributed by atoms with van der Waals surface area (Å²) in [6.07, 6.45) is 0.685. The van der Waals surface area contributed by atoms with E-state index in [1.165, 1.54) is 0 Å². The molecule has 1 aromatic heterocycles. The van der Waals surface area contributed by atoms with Gasteiger partial charge in [0.1, 0.15) is 17.1 Å². The lowest BCUT2D eigenvalue weighted by atomic mass is 10.0. The molecule has 0 bridgehead atoms. The molecule has 1 saturated heterocycles. The number of hydrogen-bond donors (Lipinski definition) is 0. The van der Waals surface area contributed by atoms with E-state index in [2.05, 4.69) is 15.9 Å². The van der Waals surface area contributed by atoms with Gasteiger partial charge in [-0.1, -0.05) is 12.1 Å². The smallest absolute Gasteiger partial charge is 0.339 e. The molecule has 2 aromatic carbocycles. The number of hydrogen-bond acceptors (Lipinski definition) is 6. The number of nitrogens with zero attached hydrogens (tertiary/aromatic N) is 2. The molecule has 0 aliphatic carbocycles. The van der Waals surface area contributed by atoms with Crippen molar-refractivity contribution in [2.45, 2.75) is 13.3 Å². The molecule has 1 fully saturated rings. The van der Waals surface area contributed by atoms with E-state index < -0.39 is 0 Å². The molecule has 1 aliphatic rings. The summed E-state index contributed by atoms with van der Waals surface area (Å²) < 4.78 is 16.3. The minimum Gasteiger partial charge on any atom is -0.497 e. The van der Waals surface area contributed by atoms with Crippen LogP contribution in [0.4, 0.5) is 5.69 Å². The molecule has 1 aliphatic heterocycles. The normalized spacial score (nSPS) is 14.8. The Morgan fingerprint density at radius 1 is 1.00 bits per heavy atom. The topological polar surface area (TPSA) is 55.2 Å². The van der Waals surface area contributed by atoms with E-state index in [9.17, 15) is 4.79 Å². The monoisotopic (exact) mass is 408 g/mol. The standard InChI is InChI=1S/C24H28N2O4/c1-17-19-9-8-18(28-2)16-23(19)30-24(27)20(17)10-11-25-12-14-26(15-13-25)21-6-4-5-7-22(21)29-3/h4-9,16H,10-15H2,1-3H3. The first-order valence-electron chi connectivity index (χ1n) is 10.3. The van der Waals surface area contributed by atoms with Gasteiger partial charge in [0.05, 0.1) is 19.9 Å². The van der Waals surface area contributed by atoms with Crippen molar-refractivity contribution in [1.82, 2.24) is 4.90 Å². The van der Waals surface area contributed by atoms with Crippen LogP contribution in [0.1, 0.15) is 11.1 Å². The highest BCUT2D eigenvalue weighted by atomic mass is 16.5. The quantitative estimate of drug-likeness (QED) is 0.582. The molecule has 0 N–H and O–H groups in total. The van der Waals surface area contributed by atoms with Gasteiger partial charge in [-0.15, -0.1) is 0 Å². The summed E-state index contributed by atoms with van der Waals surface area (Å²) in [6, 6.07) is 13.8. The summed E-state index contributed by atoms with van der Waals surface area (Å²) in [7, 11) is 3.32. The second-order valence-electron chi connectivity index (χ2n) is 7.61. The van der Waals surface area contributed by atoms with E-state index in [-0.39, 0.29) is 5.63 Å². The third-order valence-corrected chi connectivity index (χ3v) is 5.97. The fourth-order valence-corrected chi connectivity index (χ4v) is 4.16. The zero-order chi connectivity index (χ0) is 21.1. The van der Waals surface area contributed by atoms with Crippen LogP contribution >= 0.6 is 0 Å². The molecule has 6 heteroatoms. The first kappa shape index (κ1) is 20.3. The average Bonchev–Trinajstić information content (AvgIpc) is 2.79. The molecule has 0 amide bonds. The van der Waals surface area contributed by atoms with Crippen molar-refractivity contribution in [3.63, 3.8) is 0 Å². The minimum absolute atomic E-state index is 0.249. The third kappa shape index (κ3) is 4.00. The lowest BCUT2D eigenvalue weighted by Crippen LogP contribution is -2.47. The Labute approximate surface area is 176 Å². The maximum absolute atomic E-state index is 12.6. The van der Waals surface area contributed by atoms with Crippen molar-refractivity contribution in [2.75, 3.05) is 51.8 Å². The van der Waals surface area contributed by atoms with Gasteiger partial charge in [0.15, 0.2) is 0 Å². The van der Waals surface area contributed by atoms with Crippen LogP contribution in [0.2, 0.25) is 0 Å². The highest BCUT2D eigenvalue weighted by molar-refractivity contribution is 5.82. The van der Waals surface area contributed by atoms with E-state index in [1.54, 1.807) is 20.3 Å². The van der Waals surface area contributed by atoms with Gasteiger partial charge in [-0.3, -0.25) is 4.90 Å². The van der Waals surface area contributed by atoms with Crippen molar-refractivity contribution in [1.29, 1.82) is 0 Å². The van der Waals surface area contributed by atoms with Gasteiger partial charge in [-0.25, -0.2) is 4.79 Å². The summed E-state index contributed by atoms with van der Waals surface area (Å²) in [5, 5.41) is 0.964. The summed E-state index contributed by atoms with van der Waals surface area (Å²) in [4.78, 5) is 17.4. The number of piperazine rings is 1. The maximum atomic E-state index is 12.6. The first-order valence-corrected chi connectivity index (χ1v) is 10.3. The molecule has 4 rings (SSSR count). The molecule has 158 valence electrons. The van der Waals surface area contributed by atoms with Crippen LogP contribution in [0, 0.1) is 6.92 Å². The Morgan fingerprint density at radius 3 is 2.50 bits per heavy atom. The van der Waals surface area contributed by atoms with Crippen LogP contribution in [0.3, 0.4) is 0 Å². The van der Waals surface area contributed by atoms with E-state index in [1.807, 2.05) is 37.3 Å². The summed E-state index contributed by atoms with van der Waals surface area (Å²) in [6.45, 7) is 6.62. The Balaban J connectivity index is 1.42. The number of anilines is 1.